The second-order valence-electron chi connectivity index (χ2n) is 6.65. The average Bonchev–Trinajstić information content (AvgIpc) is 3.25. The zero-order valence-corrected chi connectivity index (χ0v) is 15.3. The summed E-state index contributed by atoms with van der Waals surface area (Å²) in [7, 11) is 3.54. The lowest BCUT2D eigenvalue weighted by molar-refractivity contribution is -0.153. The Morgan fingerprint density at radius 3 is 1.57 bits per heavy atom. The smallest absolute Gasteiger partial charge is 0.402 e. The Morgan fingerprint density at radius 1 is 0.905 bits per heavy atom. The van der Waals surface area contributed by atoms with E-state index in [-0.39, 0.29) is 30.5 Å². The predicted octanol–water partition coefficient (Wildman–Crippen LogP) is 3.15. The third kappa shape index (κ3) is 2.79. The standard InChI is InChI=1S/C15H26BIO4/c1-18-14(7-3-4-8-14)12-13(21-16(11-17)20-12)15(19-2)9-5-6-10-15/h12-13H,3-11H2,1-2H3/t12-,13-/m1/s1. The van der Waals surface area contributed by atoms with Crippen molar-refractivity contribution in [1.29, 1.82) is 0 Å². The second kappa shape index (κ2) is 6.63. The molecule has 2 aliphatic carbocycles. The van der Waals surface area contributed by atoms with Crippen LogP contribution in [-0.4, -0.2) is 49.1 Å². The maximum atomic E-state index is 6.31. The largest absolute Gasteiger partial charge is 0.468 e. The summed E-state index contributed by atoms with van der Waals surface area (Å²) in [6, 6.07) is 0. The van der Waals surface area contributed by atoms with Crippen molar-refractivity contribution in [2.24, 2.45) is 0 Å². The lowest BCUT2D eigenvalue weighted by atomic mass is 9.81. The summed E-state index contributed by atoms with van der Waals surface area (Å²) in [5, 5.41) is 0. The molecule has 0 unspecified atom stereocenters. The summed E-state index contributed by atoms with van der Waals surface area (Å²) in [5.41, 5.74) is -0.362. The van der Waals surface area contributed by atoms with Gasteiger partial charge in [0.15, 0.2) is 0 Å². The zero-order valence-electron chi connectivity index (χ0n) is 13.1. The summed E-state index contributed by atoms with van der Waals surface area (Å²) >= 11 is 2.34. The Hall–Kier alpha value is 0.635. The number of alkyl halides is 1. The molecule has 0 radical (unpaired) electrons. The summed E-state index contributed by atoms with van der Waals surface area (Å²) in [6.07, 6.45) is 9.16. The lowest BCUT2D eigenvalue weighted by Gasteiger charge is -2.43. The maximum Gasteiger partial charge on any atom is 0.468 e. The van der Waals surface area contributed by atoms with Gasteiger partial charge in [0.2, 0.25) is 0 Å². The van der Waals surface area contributed by atoms with Gasteiger partial charge in [0.05, 0.1) is 23.4 Å². The van der Waals surface area contributed by atoms with Gasteiger partial charge in [-0.3, -0.25) is 0 Å². The topological polar surface area (TPSA) is 36.9 Å². The molecule has 0 spiro atoms. The van der Waals surface area contributed by atoms with Crippen LogP contribution in [0.5, 0.6) is 0 Å². The third-order valence-corrected chi connectivity index (χ3v) is 6.47. The summed E-state index contributed by atoms with van der Waals surface area (Å²) in [5.74, 6) is 0. The highest BCUT2D eigenvalue weighted by Gasteiger charge is 2.59. The van der Waals surface area contributed by atoms with Crippen molar-refractivity contribution in [3.63, 3.8) is 0 Å². The highest BCUT2D eigenvalue weighted by molar-refractivity contribution is 14.1. The van der Waals surface area contributed by atoms with E-state index in [0.29, 0.717) is 0 Å². The molecule has 0 amide bonds. The van der Waals surface area contributed by atoms with Crippen LogP contribution < -0.4 is 0 Å². The average molecular weight is 408 g/mol. The molecule has 4 nitrogen and oxygen atoms in total. The molecule has 0 N–H and O–H groups in total. The van der Waals surface area contributed by atoms with Crippen LogP contribution in [0, 0.1) is 0 Å². The van der Waals surface area contributed by atoms with Crippen LogP contribution in [0.15, 0.2) is 0 Å². The van der Waals surface area contributed by atoms with Crippen LogP contribution in [-0.2, 0) is 18.8 Å². The van der Waals surface area contributed by atoms with E-state index >= 15 is 0 Å². The van der Waals surface area contributed by atoms with Crippen LogP contribution in [0.2, 0.25) is 0 Å². The van der Waals surface area contributed by atoms with E-state index in [4.69, 9.17) is 18.8 Å². The number of halogens is 1. The van der Waals surface area contributed by atoms with E-state index in [1.807, 2.05) is 14.2 Å². The van der Waals surface area contributed by atoms with E-state index < -0.39 is 0 Å². The molecule has 0 bridgehead atoms. The molecule has 0 aromatic rings. The molecule has 3 fully saturated rings. The molecule has 21 heavy (non-hydrogen) atoms. The van der Waals surface area contributed by atoms with Crippen molar-refractivity contribution in [3.05, 3.63) is 0 Å². The SMILES string of the molecule is COC1([C@@H]2OB(CI)O[C@H]2C2(OC)CCCC2)CCCC1. The highest BCUT2D eigenvalue weighted by atomic mass is 127. The van der Waals surface area contributed by atoms with E-state index in [0.717, 1.165) is 30.0 Å². The molecule has 0 aromatic heterocycles. The van der Waals surface area contributed by atoms with Gasteiger partial charge < -0.3 is 18.8 Å². The first kappa shape index (κ1) is 16.5. The molecule has 0 aromatic carbocycles. The minimum Gasteiger partial charge on any atom is -0.402 e. The number of hydrogen-bond acceptors (Lipinski definition) is 4. The van der Waals surface area contributed by atoms with Crippen LogP contribution in [0.3, 0.4) is 0 Å². The zero-order chi connectivity index (χ0) is 14.9. The van der Waals surface area contributed by atoms with Crippen molar-refractivity contribution in [3.8, 4) is 0 Å². The maximum absolute atomic E-state index is 6.31. The first-order valence-corrected chi connectivity index (χ1v) is 9.69. The van der Waals surface area contributed by atoms with Crippen molar-refractivity contribution in [2.45, 2.75) is 74.8 Å². The van der Waals surface area contributed by atoms with Crippen molar-refractivity contribution in [1.82, 2.24) is 0 Å². The van der Waals surface area contributed by atoms with Crippen LogP contribution in [0.25, 0.3) is 0 Å². The Labute approximate surface area is 141 Å². The van der Waals surface area contributed by atoms with Gasteiger partial charge in [-0.1, -0.05) is 48.3 Å². The van der Waals surface area contributed by atoms with E-state index in [9.17, 15) is 0 Å². The van der Waals surface area contributed by atoms with Gasteiger partial charge >= 0.3 is 7.12 Å². The number of rotatable bonds is 5. The van der Waals surface area contributed by atoms with Crippen molar-refractivity contribution in [2.75, 3.05) is 18.5 Å². The quantitative estimate of drug-likeness (QED) is 0.398. The fourth-order valence-electron chi connectivity index (χ4n) is 4.53. The third-order valence-electron chi connectivity index (χ3n) is 5.75. The molecule has 2 saturated carbocycles. The molecular formula is C15H26BIO4. The summed E-state index contributed by atoms with van der Waals surface area (Å²) in [6.45, 7) is 0. The summed E-state index contributed by atoms with van der Waals surface area (Å²) in [4.78, 5) is 0. The molecule has 120 valence electrons. The minimum atomic E-state index is -0.181. The monoisotopic (exact) mass is 408 g/mol. The minimum absolute atomic E-state index is 0.00261. The van der Waals surface area contributed by atoms with Crippen LogP contribution in [0.4, 0.5) is 0 Å². The van der Waals surface area contributed by atoms with Gasteiger partial charge in [-0.15, -0.1) is 0 Å². The van der Waals surface area contributed by atoms with Gasteiger partial charge in [0.1, 0.15) is 0 Å². The first-order valence-electron chi connectivity index (χ1n) is 8.17. The molecule has 3 rings (SSSR count). The van der Waals surface area contributed by atoms with Gasteiger partial charge in [0, 0.05) is 18.5 Å². The van der Waals surface area contributed by atoms with Gasteiger partial charge in [-0.2, -0.15) is 0 Å². The number of ether oxygens (including phenoxy) is 2. The molecule has 1 aliphatic heterocycles. The Bertz CT molecular complexity index is 324. The van der Waals surface area contributed by atoms with E-state index in [2.05, 4.69) is 22.6 Å². The first-order chi connectivity index (χ1) is 10.2. The molecular weight excluding hydrogens is 382 g/mol. The van der Waals surface area contributed by atoms with Gasteiger partial charge in [-0.05, 0) is 25.7 Å². The fraction of sp³-hybridized carbons (Fsp3) is 1.00. The van der Waals surface area contributed by atoms with E-state index in [1.54, 1.807) is 0 Å². The molecule has 6 heteroatoms. The van der Waals surface area contributed by atoms with Crippen LogP contribution in [0.1, 0.15) is 51.4 Å². The predicted molar refractivity (Wildman–Crippen MR) is 90.8 cm³/mol. The molecule has 1 saturated heterocycles. The van der Waals surface area contributed by atoms with Crippen LogP contribution >= 0.6 is 22.6 Å². The Balaban J connectivity index is 1.88. The highest BCUT2D eigenvalue weighted by Crippen LogP contribution is 2.48. The fourth-order valence-corrected chi connectivity index (χ4v) is 4.95. The number of methoxy groups -OCH3 is 2. The summed E-state index contributed by atoms with van der Waals surface area (Å²) < 4.78 is 25.4. The second-order valence-corrected chi connectivity index (χ2v) is 7.53. The van der Waals surface area contributed by atoms with E-state index in [1.165, 1.54) is 25.7 Å². The molecule has 3 aliphatic rings. The van der Waals surface area contributed by atoms with Crippen molar-refractivity contribution >= 4 is 29.7 Å². The molecule has 2 atom stereocenters. The number of hydrogen-bond donors (Lipinski definition) is 0. The van der Waals surface area contributed by atoms with Gasteiger partial charge in [-0.25, -0.2) is 0 Å². The Morgan fingerprint density at radius 2 is 1.29 bits per heavy atom. The van der Waals surface area contributed by atoms with Crippen molar-refractivity contribution < 1.29 is 18.8 Å². The molecule has 1 heterocycles. The Kier molecular flexibility index (Phi) is 5.21. The normalized spacial score (nSPS) is 34.7. The lowest BCUT2D eigenvalue weighted by Crippen LogP contribution is -2.56. The van der Waals surface area contributed by atoms with Gasteiger partial charge in [0.25, 0.3) is 0 Å².